The van der Waals surface area contributed by atoms with Gasteiger partial charge in [-0.15, -0.1) is 0 Å². The molecule has 0 saturated carbocycles. The van der Waals surface area contributed by atoms with Crippen molar-refractivity contribution in [2.45, 2.75) is 11.3 Å². The highest BCUT2D eigenvalue weighted by atomic mass is 35.5. The summed E-state index contributed by atoms with van der Waals surface area (Å²) in [6, 6.07) is 12.6. The van der Waals surface area contributed by atoms with Crippen LogP contribution >= 0.6 is 11.6 Å². The standard InChI is InChI=1S/C21H28ClN3O4S/c1-28-19-8-9-21(20(16-19)29-2)30(26,27)23-10-3-11-24-12-14-25(15-13-24)18-6-4-17(22)5-7-18/h4-9,16,23H,3,10-15H2,1-2H3. The van der Waals surface area contributed by atoms with E-state index in [1.54, 1.807) is 12.1 Å². The number of rotatable bonds is 9. The summed E-state index contributed by atoms with van der Waals surface area (Å²) < 4.78 is 38.2. The molecule has 1 aliphatic heterocycles. The predicted molar refractivity (Wildman–Crippen MR) is 119 cm³/mol. The van der Waals surface area contributed by atoms with Gasteiger partial charge in [0.25, 0.3) is 0 Å². The number of sulfonamides is 1. The maximum absolute atomic E-state index is 12.6. The average molecular weight is 454 g/mol. The SMILES string of the molecule is COc1ccc(S(=O)(=O)NCCCN2CCN(c3ccc(Cl)cc3)CC2)c(OC)c1. The lowest BCUT2D eigenvalue weighted by Crippen LogP contribution is -2.47. The quantitative estimate of drug-likeness (QED) is 0.589. The number of hydrogen-bond donors (Lipinski definition) is 1. The zero-order chi connectivity index (χ0) is 21.6. The first-order valence-corrected chi connectivity index (χ1v) is 11.7. The highest BCUT2D eigenvalue weighted by molar-refractivity contribution is 7.89. The van der Waals surface area contributed by atoms with E-state index in [4.69, 9.17) is 21.1 Å². The molecule has 7 nitrogen and oxygen atoms in total. The molecule has 2 aromatic rings. The molecule has 1 aliphatic rings. The first-order valence-electron chi connectivity index (χ1n) is 9.87. The van der Waals surface area contributed by atoms with Crippen LogP contribution < -0.4 is 19.1 Å². The number of nitrogens with one attached hydrogen (secondary N) is 1. The minimum Gasteiger partial charge on any atom is -0.497 e. The minimum atomic E-state index is -3.65. The number of nitrogens with zero attached hydrogens (tertiary/aromatic N) is 2. The molecule has 1 saturated heterocycles. The summed E-state index contributed by atoms with van der Waals surface area (Å²) in [7, 11) is -0.681. The normalized spacial score (nSPS) is 15.2. The molecule has 30 heavy (non-hydrogen) atoms. The number of anilines is 1. The fourth-order valence-electron chi connectivity index (χ4n) is 3.47. The van der Waals surface area contributed by atoms with E-state index in [9.17, 15) is 8.42 Å². The van der Waals surface area contributed by atoms with Gasteiger partial charge in [0.1, 0.15) is 16.4 Å². The first-order chi connectivity index (χ1) is 14.4. The van der Waals surface area contributed by atoms with Crippen LogP contribution in [0.2, 0.25) is 5.02 Å². The van der Waals surface area contributed by atoms with Gasteiger partial charge in [-0.2, -0.15) is 0 Å². The van der Waals surface area contributed by atoms with Gasteiger partial charge >= 0.3 is 0 Å². The van der Waals surface area contributed by atoms with E-state index >= 15 is 0 Å². The van der Waals surface area contributed by atoms with Gasteiger partial charge in [-0.25, -0.2) is 13.1 Å². The van der Waals surface area contributed by atoms with Crippen LogP contribution in [0.4, 0.5) is 5.69 Å². The monoisotopic (exact) mass is 453 g/mol. The van der Waals surface area contributed by atoms with E-state index in [1.807, 2.05) is 24.3 Å². The Morgan fingerprint density at radius 2 is 1.70 bits per heavy atom. The second-order valence-electron chi connectivity index (χ2n) is 7.07. The van der Waals surface area contributed by atoms with Crippen molar-refractivity contribution in [3.63, 3.8) is 0 Å². The predicted octanol–water partition coefficient (Wildman–Crippen LogP) is 2.85. The Hall–Kier alpha value is -2.00. The number of halogens is 1. The lowest BCUT2D eigenvalue weighted by atomic mass is 10.2. The molecule has 0 radical (unpaired) electrons. The van der Waals surface area contributed by atoms with Crippen LogP contribution in [-0.2, 0) is 10.0 Å². The summed E-state index contributed by atoms with van der Waals surface area (Å²) in [5.74, 6) is 0.809. The summed E-state index contributed by atoms with van der Waals surface area (Å²) >= 11 is 5.96. The van der Waals surface area contributed by atoms with Gasteiger partial charge in [-0.3, -0.25) is 4.90 Å². The summed E-state index contributed by atoms with van der Waals surface area (Å²) in [6.07, 6.45) is 0.735. The number of ether oxygens (including phenoxy) is 2. The third-order valence-corrected chi connectivity index (χ3v) is 6.92. The first kappa shape index (κ1) is 22.7. The Balaban J connectivity index is 1.44. The van der Waals surface area contributed by atoms with Crippen LogP contribution in [0.5, 0.6) is 11.5 Å². The Morgan fingerprint density at radius 1 is 1.00 bits per heavy atom. The molecule has 1 heterocycles. The van der Waals surface area contributed by atoms with Crippen molar-refractivity contribution in [1.82, 2.24) is 9.62 Å². The molecule has 0 aliphatic carbocycles. The van der Waals surface area contributed by atoms with Gasteiger partial charge in [-0.05, 0) is 49.4 Å². The van der Waals surface area contributed by atoms with Crippen molar-refractivity contribution in [3.8, 4) is 11.5 Å². The molecular weight excluding hydrogens is 426 g/mol. The van der Waals surface area contributed by atoms with E-state index in [0.29, 0.717) is 12.3 Å². The minimum absolute atomic E-state index is 0.113. The van der Waals surface area contributed by atoms with Gasteiger partial charge in [0.05, 0.1) is 14.2 Å². The van der Waals surface area contributed by atoms with Gasteiger partial charge in [0.15, 0.2) is 0 Å². The molecule has 2 aromatic carbocycles. The van der Waals surface area contributed by atoms with Crippen molar-refractivity contribution < 1.29 is 17.9 Å². The molecule has 0 amide bonds. The van der Waals surface area contributed by atoms with Crippen LogP contribution in [0.15, 0.2) is 47.4 Å². The fraction of sp³-hybridized carbons (Fsp3) is 0.429. The molecule has 0 atom stereocenters. The van der Waals surface area contributed by atoms with E-state index in [1.165, 1.54) is 26.0 Å². The maximum Gasteiger partial charge on any atom is 0.244 e. The molecule has 0 unspecified atom stereocenters. The van der Waals surface area contributed by atoms with Crippen LogP contribution in [0.3, 0.4) is 0 Å². The summed E-state index contributed by atoms with van der Waals surface area (Å²) in [6.45, 7) is 4.99. The van der Waals surface area contributed by atoms with E-state index in [0.717, 1.165) is 44.2 Å². The number of benzene rings is 2. The zero-order valence-corrected chi connectivity index (χ0v) is 18.9. The third-order valence-electron chi connectivity index (χ3n) is 5.17. The second kappa shape index (κ2) is 10.3. The number of piperazine rings is 1. The summed E-state index contributed by atoms with van der Waals surface area (Å²) in [5.41, 5.74) is 1.18. The molecule has 0 aromatic heterocycles. The van der Waals surface area contributed by atoms with Crippen LogP contribution in [0.1, 0.15) is 6.42 Å². The second-order valence-corrected chi connectivity index (χ2v) is 9.25. The van der Waals surface area contributed by atoms with Crippen LogP contribution in [0, 0.1) is 0 Å². The number of hydrogen-bond acceptors (Lipinski definition) is 6. The zero-order valence-electron chi connectivity index (χ0n) is 17.3. The fourth-order valence-corrected chi connectivity index (χ4v) is 4.81. The van der Waals surface area contributed by atoms with Crippen molar-refractivity contribution in [3.05, 3.63) is 47.5 Å². The van der Waals surface area contributed by atoms with E-state index < -0.39 is 10.0 Å². The van der Waals surface area contributed by atoms with Crippen molar-refractivity contribution in [2.24, 2.45) is 0 Å². The molecule has 1 N–H and O–H groups in total. The van der Waals surface area contributed by atoms with E-state index in [2.05, 4.69) is 14.5 Å². The highest BCUT2D eigenvalue weighted by Crippen LogP contribution is 2.28. The summed E-state index contributed by atoms with van der Waals surface area (Å²) in [4.78, 5) is 4.81. The smallest absolute Gasteiger partial charge is 0.244 e. The van der Waals surface area contributed by atoms with Crippen molar-refractivity contribution in [1.29, 1.82) is 0 Å². The lowest BCUT2D eigenvalue weighted by molar-refractivity contribution is 0.255. The molecule has 3 rings (SSSR count). The largest absolute Gasteiger partial charge is 0.497 e. The van der Waals surface area contributed by atoms with Gasteiger partial charge < -0.3 is 14.4 Å². The lowest BCUT2D eigenvalue weighted by Gasteiger charge is -2.36. The van der Waals surface area contributed by atoms with Crippen molar-refractivity contribution in [2.75, 3.05) is 58.4 Å². The van der Waals surface area contributed by atoms with Gasteiger partial charge in [0.2, 0.25) is 10.0 Å². The third kappa shape index (κ3) is 5.78. The van der Waals surface area contributed by atoms with Gasteiger partial charge in [-0.1, -0.05) is 11.6 Å². The molecule has 164 valence electrons. The average Bonchev–Trinajstić information content (AvgIpc) is 2.77. The Labute approximate surface area is 183 Å². The number of methoxy groups -OCH3 is 2. The molecule has 0 bridgehead atoms. The molecular formula is C21H28ClN3O4S. The molecule has 9 heteroatoms. The Bertz CT molecular complexity index is 930. The highest BCUT2D eigenvalue weighted by Gasteiger charge is 2.20. The topological polar surface area (TPSA) is 71.1 Å². The van der Waals surface area contributed by atoms with Crippen LogP contribution in [0.25, 0.3) is 0 Å². The van der Waals surface area contributed by atoms with E-state index in [-0.39, 0.29) is 10.6 Å². The molecule has 1 fully saturated rings. The van der Waals surface area contributed by atoms with Crippen LogP contribution in [-0.4, -0.2) is 66.8 Å². The van der Waals surface area contributed by atoms with Gasteiger partial charge in [0, 0.05) is 49.5 Å². The maximum atomic E-state index is 12.6. The van der Waals surface area contributed by atoms with Crippen molar-refractivity contribution >= 4 is 27.3 Å². The Morgan fingerprint density at radius 3 is 2.33 bits per heavy atom. The molecule has 0 spiro atoms. The summed E-state index contributed by atoms with van der Waals surface area (Å²) in [5, 5.41) is 0.743. The Kier molecular flexibility index (Phi) is 7.82.